The second kappa shape index (κ2) is 10.1. The predicted molar refractivity (Wildman–Crippen MR) is 112 cm³/mol. The monoisotopic (exact) mass is 392 g/mol. The Morgan fingerprint density at radius 1 is 1.21 bits per heavy atom. The molecular formula is C22H24N4O3. The molecule has 29 heavy (non-hydrogen) atoms. The van der Waals surface area contributed by atoms with Crippen molar-refractivity contribution in [3.63, 3.8) is 0 Å². The molecule has 7 heteroatoms. The van der Waals surface area contributed by atoms with E-state index in [1.165, 1.54) is 6.21 Å². The lowest BCUT2D eigenvalue weighted by Gasteiger charge is -2.06. The van der Waals surface area contributed by atoms with E-state index in [1.807, 2.05) is 24.3 Å². The summed E-state index contributed by atoms with van der Waals surface area (Å²) in [7, 11) is 0. The molecule has 3 rings (SSSR count). The van der Waals surface area contributed by atoms with Gasteiger partial charge >= 0.3 is 0 Å². The number of phenolic OH excluding ortho intramolecular Hbond substituents is 1. The maximum absolute atomic E-state index is 12.2. The van der Waals surface area contributed by atoms with Crippen LogP contribution in [0.2, 0.25) is 0 Å². The van der Waals surface area contributed by atoms with E-state index < -0.39 is 5.91 Å². The first-order valence-corrected chi connectivity index (χ1v) is 9.57. The van der Waals surface area contributed by atoms with Crippen molar-refractivity contribution >= 4 is 12.1 Å². The number of aromatic amines is 1. The third-order valence-corrected chi connectivity index (χ3v) is 4.30. The summed E-state index contributed by atoms with van der Waals surface area (Å²) in [6, 6.07) is 16.0. The smallest absolute Gasteiger partial charge is 0.289 e. The zero-order valence-electron chi connectivity index (χ0n) is 16.3. The molecule has 0 aliphatic heterocycles. The lowest BCUT2D eigenvalue weighted by Crippen LogP contribution is -2.18. The molecule has 0 saturated heterocycles. The predicted octanol–water partition coefficient (Wildman–Crippen LogP) is 4.12. The average Bonchev–Trinajstić information content (AvgIpc) is 3.23. The summed E-state index contributed by atoms with van der Waals surface area (Å²) in [5.41, 5.74) is 4.73. The summed E-state index contributed by atoms with van der Waals surface area (Å²) in [4.78, 5) is 12.2. The van der Waals surface area contributed by atoms with E-state index in [1.54, 1.807) is 30.3 Å². The standard InChI is InChI=1S/C22H24N4O3/c1-2-3-6-13-29-18-11-9-16(10-12-18)19-14-20(25-24-19)22(28)26-23-15-17-7-4-5-8-21(17)27/h4-5,7-12,14-15,27H,2-3,6,13H2,1H3,(H,24,25)(H,26,28)/b23-15+. The maximum Gasteiger partial charge on any atom is 0.289 e. The SMILES string of the molecule is CCCCCOc1ccc(-c2cc(C(=O)N/N=C/c3ccccc3O)[nH]n2)cc1. The highest BCUT2D eigenvalue weighted by molar-refractivity contribution is 5.94. The lowest BCUT2D eigenvalue weighted by molar-refractivity contribution is 0.0950. The molecule has 0 radical (unpaired) electrons. The van der Waals surface area contributed by atoms with Crippen LogP contribution in [0.25, 0.3) is 11.3 Å². The number of hydrogen-bond donors (Lipinski definition) is 3. The van der Waals surface area contributed by atoms with E-state index in [4.69, 9.17) is 4.74 Å². The van der Waals surface area contributed by atoms with Gasteiger partial charge in [0.25, 0.3) is 5.91 Å². The molecule has 0 aliphatic rings. The lowest BCUT2D eigenvalue weighted by atomic mass is 10.1. The molecule has 3 aromatic rings. The number of hydrazone groups is 1. The Bertz CT molecular complexity index is 964. The van der Waals surface area contributed by atoms with Gasteiger partial charge < -0.3 is 9.84 Å². The zero-order valence-corrected chi connectivity index (χ0v) is 16.3. The van der Waals surface area contributed by atoms with Gasteiger partial charge in [-0.15, -0.1) is 0 Å². The number of rotatable bonds is 9. The van der Waals surface area contributed by atoms with Crippen molar-refractivity contribution in [3.05, 3.63) is 65.9 Å². The van der Waals surface area contributed by atoms with Crippen LogP contribution in [0.5, 0.6) is 11.5 Å². The number of nitrogens with zero attached hydrogens (tertiary/aromatic N) is 2. The van der Waals surface area contributed by atoms with Gasteiger partial charge in [0.05, 0.1) is 18.5 Å². The van der Waals surface area contributed by atoms with Crippen molar-refractivity contribution < 1.29 is 14.6 Å². The van der Waals surface area contributed by atoms with E-state index in [0.29, 0.717) is 17.9 Å². The third kappa shape index (κ3) is 5.68. The molecule has 0 spiro atoms. The average molecular weight is 392 g/mol. The first-order valence-electron chi connectivity index (χ1n) is 9.57. The van der Waals surface area contributed by atoms with E-state index in [-0.39, 0.29) is 11.4 Å². The summed E-state index contributed by atoms with van der Waals surface area (Å²) in [6.07, 6.45) is 4.75. The number of benzene rings is 2. The second-order valence-electron chi connectivity index (χ2n) is 6.50. The summed E-state index contributed by atoms with van der Waals surface area (Å²) < 4.78 is 5.71. The number of ether oxygens (including phenoxy) is 1. The topological polar surface area (TPSA) is 99.6 Å². The molecule has 0 aliphatic carbocycles. The molecule has 7 nitrogen and oxygen atoms in total. The Morgan fingerprint density at radius 3 is 2.76 bits per heavy atom. The maximum atomic E-state index is 12.2. The highest BCUT2D eigenvalue weighted by Gasteiger charge is 2.10. The fraction of sp³-hybridized carbons (Fsp3) is 0.227. The van der Waals surface area contributed by atoms with Crippen LogP contribution < -0.4 is 10.2 Å². The van der Waals surface area contributed by atoms with Gasteiger partial charge in [-0.05, 0) is 48.9 Å². The van der Waals surface area contributed by atoms with Crippen LogP contribution >= 0.6 is 0 Å². The van der Waals surface area contributed by atoms with Crippen LogP contribution in [-0.2, 0) is 0 Å². The number of unbranched alkanes of at least 4 members (excludes halogenated alkanes) is 2. The van der Waals surface area contributed by atoms with E-state index >= 15 is 0 Å². The Hall–Kier alpha value is -3.61. The Morgan fingerprint density at radius 2 is 2.00 bits per heavy atom. The summed E-state index contributed by atoms with van der Waals surface area (Å²) in [5.74, 6) is 0.482. The van der Waals surface area contributed by atoms with Crippen LogP contribution in [0.3, 0.4) is 0 Å². The van der Waals surface area contributed by atoms with Crippen LogP contribution in [0.4, 0.5) is 0 Å². The van der Waals surface area contributed by atoms with Crippen LogP contribution in [0.1, 0.15) is 42.2 Å². The quantitative estimate of drug-likeness (QED) is 0.290. The number of para-hydroxylation sites is 1. The normalized spacial score (nSPS) is 10.9. The first-order chi connectivity index (χ1) is 14.2. The number of amides is 1. The third-order valence-electron chi connectivity index (χ3n) is 4.30. The molecule has 2 aromatic carbocycles. The molecule has 0 fully saturated rings. The minimum absolute atomic E-state index is 0.0899. The van der Waals surface area contributed by atoms with Gasteiger partial charge in [0.15, 0.2) is 0 Å². The molecule has 0 bridgehead atoms. The molecular weight excluding hydrogens is 368 g/mol. The van der Waals surface area contributed by atoms with Crippen molar-refractivity contribution in [2.75, 3.05) is 6.61 Å². The molecule has 0 atom stereocenters. The first kappa shape index (κ1) is 20.1. The number of H-pyrrole nitrogens is 1. The fourth-order valence-corrected chi connectivity index (χ4v) is 2.67. The van der Waals surface area contributed by atoms with E-state index in [2.05, 4.69) is 27.6 Å². The zero-order chi connectivity index (χ0) is 20.5. The number of hydrogen-bond acceptors (Lipinski definition) is 5. The Kier molecular flexibility index (Phi) is 7.00. The molecule has 3 N–H and O–H groups in total. The number of aromatic nitrogens is 2. The Labute approximate surface area is 169 Å². The van der Waals surface area contributed by atoms with Gasteiger partial charge in [0.2, 0.25) is 0 Å². The molecule has 1 amide bonds. The van der Waals surface area contributed by atoms with Gasteiger partial charge in [-0.25, -0.2) is 5.43 Å². The summed E-state index contributed by atoms with van der Waals surface area (Å²) in [5, 5.41) is 20.4. The number of nitrogens with one attached hydrogen (secondary N) is 2. The van der Waals surface area contributed by atoms with Gasteiger partial charge in [-0.3, -0.25) is 9.89 Å². The molecule has 1 aromatic heterocycles. The highest BCUT2D eigenvalue weighted by Crippen LogP contribution is 2.21. The van der Waals surface area contributed by atoms with Crippen molar-refractivity contribution in [2.45, 2.75) is 26.2 Å². The van der Waals surface area contributed by atoms with Gasteiger partial charge in [0.1, 0.15) is 17.2 Å². The van der Waals surface area contributed by atoms with Crippen molar-refractivity contribution in [3.8, 4) is 22.8 Å². The van der Waals surface area contributed by atoms with Crippen molar-refractivity contribution in [1.29, 1.82) is 0 Å². The molecule has 150 valence electrons. The van der Waals surface area contributed by atoms with Crippen molar-refractivity contribution in [1.82, 2.24) is 15.6 Å². The molecule has 0 unspecified atom stereocenters. The highest BCUT2D eigenvalue weighted by atomic mass is 16.5. The molecule has 0 saturated carbocycles. The number of carbonyl (C=O) groups excluding carboxylic acids is 1. The van der Waals surface area contributed by atoms with E-state index in [9.17, 15) is 9.90 Å². The van der Waals surface area contributed by atoms with E-state index in [0.717, 1.165) is 30.6 Å². The summed E-state index contributed by atoms with van der Waals surface area (Å²) >= 11 is 0. The minimum Gasteiger partial charge on any atom is -0.507 e. The largest absolute Gasteiger partial charge is 0.507 e. The minimum atomic E-state index is -0.425. The van der Waals surface area contributed by atoms with Crippen LogP contribution in [-0.4, -0.2) is 34.0 Å². The number of carbonyl (C=O) groups is 1. The van der Waals surface area contributed by atoms with Crippen molar-refractivity contribution in [2.24, 2.45) is 5.10 Å². The number of aromatic hydroxyl groups is 1. The van der Waals surface area contributed by atoms with Gasteiger partial charge in [-0.2, -0.15) is 10.2 Å². The van der Waals surface area contributed by atoms with Crippen LogP contribution in [0, 0.1) is 0 Å². The fourth-order valence-electron chi connectivity index (χ4n) is 2.67. The van der Waals surface area contributed by atoms with Crippen LogP contribution in [0.15, 0.2) is 59.7 Å². The number of phenols is 1. The summed E-state index contributed by atoms with van der Waals surface area (Å²) in [6.45, 7) is 2.87. The Balaban J connectivity index is 1.57. The molecule has 1 heterocycles. The van der Waals surface area contributed by atoms with Gasteiger partial charge in [-0.1, -0.05) is 31.9 Å². The van der Waals surface area contributed by atoms with Gasteiger partial charge in [0, 0.05) is 11.1 Å². The second-order valence-corrected chi connectivity index (χ2v) is 6.50.